The molecule has 3 nitrogen and oxygen atoms in total. The number of aliphatic hydroxyl groups excluding tert-OH is 1. The molecule has 2 aromatic rings. The first-order valence-corrected chi connectivity index (χ1v) is 9.69. The van der Waals surface area contributed by atoms with Crippen molar-refractivity contribution in [2.45, 2.75) is 45.1 Å². The number of carbonyl (C=O) groups is 1. The van der Waals surface area contributed by atoms with Crippen molar-refractivity contribution in [2.24, 2.45) is 0 Å². The molecule has 3 rings (SSSR count). The Bertz CT molecular complexity index is 790. The van der Waals surface area contributed by atoms with Crippen LogP contribution in [0, 0.1) is 0 Å². The van der Waals surface area contributed by atoms with E-state index >= 15 is 0 Å². The molecular formula is C24H29NO2. The van der Waals surface area contributed by atoms with E-state index in [0.717, 1.165) is 37.2 Å². The Hall–Kier alpha value is -2.39. The summed E-state index contributed by atoms with van der Waals surface area (Å²) < 4.78 is 0. The van der Waals surface area contributed by atoms with Crippen LogP contribution in [0.15, 0.2) is 54.6 Å². The average molecular weight is 364 g/mol. The molecule has 3 heteroatoms. The van der Waals surface area contributed by atoms with Gasteiger partial charge in [-0.1, -0.05) is 51.1 Å². The standard InChI is InChI=1S/C24H29NO2/c1-24(2,3)20-9-4-18(5-10-20)6-13-23(27)19-7-11-21(12-8-19)25-16-14-22(26)15-17-25/h4-13,22,26H,14-17H2,1-3H3. The predicted molar refractivity (Wildman–Crippen MR) is 112 cm³/mol. The number of hydrogen-bond donors (Lipinski definition) is 1. The SMILES string of the molecule is CC(C)(C)c1ccc(C=CC(=O)c2ccc(N3CCC(O)CC3)cc2)cc1. The lowest BCUT2D eigenvalue weighted by atomic mass is 9.87. The van der Waals surface area contributed by atoms with E-state index in [-0.39, 0.29) is 17.3 Å². The van der Waals surface area contributed by atoms with Crippen LogP contribution in [0.25, 0.3) is 6.08 Å². The van der Waals surface area contributed by atoms with Crippen molar-refractivity contribution < 1.29 is 9.90 Å². The number of allylic oxidation sites excluding steroid dienone is 1. The topological polar surface area (TPSA) is 40.5 Å². The number of hydrogen-bond acceptors (Lipinski definition) is 3. The molecule has 142 valence electrons. The molecular weight excluding hydrogens is 334 g/mol. The van der Waals surface area contributed by atoms with E-state index in [9.17, 15) is 9.90 Å². The second-order valence-corrected chi connectivity index (χ2v) is 8.33. The van der Waals surface area contributed by atoms with Gasteiger partial charge in [0.25, 0.3) is 0 Å². The monoisotopic (exact) mass is 363 g/mol. The average Bonchev–Trinajstić information content (AvgIpc) is 2.66. The molecule has 1 fully saturated rings. The molecule has 1 aliphatic heterocycles. The van der Waals surface area contributed by atoms with E-state index in [1.807, 2.05) is 30.3 Å². The second-order valence-electron chi connectivity index (χ2n) is 8.33. The molecule has 0 spiro atoms. The molecule has 0 bridgehead atoms. The second kappa shape index (κ2) is 8.10. The highest BCUT2D eigenvalue weighted by Crippen LogP contribution is 2.23. The Balaban J connectivity index is 1.63. The highest BCUT2D eigenvalue weighted by Gasteiger charge is 2.17. The molecule has 0 radical (unpaired) electrons. The number of benzene rings is 2. The molecule has 27 heavy (non-hydrogen) atoms. The summed E-state index contributed by atoms with van der Waals surface area (Å²) in [5.74, 6) is 0.00974. The van der Waals surface area contributed by atoms with Gasteiger partial charge >= 0.3 is 0 Å². The maximum Gasteiger partial charge on any atom is 0.185 e. The molecule has 0 saturated carbocycles. The zero-order valence-corrected chi connectivity index (χ0v) is 16.5. The van der Waals surface area contributed by atoms with Gasteiger partial charge in [0.05, 0.1) is 6.10 Å². The van der Waals surface area contributed by atoms with Crippen LogP contribution < -0.4 is 4.90 Å². The van der Waals surface area contributed by atoms with Gasteiger partial charge in [-0.25, -0.2) is 0 Å². The predicted octanol–water partition coefficient (Wildman–Crippen LogP) is 4.84. The van der Waals surface area contributed by atoms with Gasteiger partial charge in [-0.15, -0.1) is 0 Å². The Morgan fingerprint density at radius 2 is 1.59 bits per heavy atom. The number of rotatable bonds is 4. The van der Waals surface area contributed by atoms with E-state index in [1.165, 1.54) is 5.56 Å². The summed E-state index contributed by atoms with van der Waals surface area (Å²) >= 11 is 0. The van der Waals surface area contributed by atoms with Crippen LogP contribution in [0.1, 0.15) is 55.1 Å². The minimum Gasteiger partial charge on any atom is -0.393 e. The highest BCUT2D eigenvalue weighted by molar-refractivity contribution is 6.07. The van der Waals surface area contributed by atoms with Gasteiger partial charge in [-0.05, 0) is 59.7 Å². The Morgan fingerprint density at radius 3 is 2.15 bits per heavy atom. The molecule has 1 aliphatic rings. The lowest BCUT2D eigenvalue weighted by Crippen LogP contribution is -2.35. The van der Waals surface area contributed by atoms with Crippen molar-refractivity contribution in [3.05, 3.63) is 71.3 Å². The Labute approximate surface area is 162 Å². The van der Waals surface area contributed by atoms with Crippen LogP contribution in [0.3, 0.4) is 0 Å². The number of piperidine rings is 1. The molecule has 0 atom stereocenters. The first-order chi connectivity index (χ1) is 12.8. The van der Waals surface area contributed by atoms with Gasteiger partial charge < -0.3 is 10.0 Å². The largest absolute Gasteiger partial charge is 0.393 e. The van der Waals surface area contributed by atoms with Crippen LogP contribution in [-0.4, -0.2) is 30.1 Å². The van der Waals surface area contributed by atoms with Crippen LogP contribution in [0.2, 0.25) is 0 Å². The Morgan fingerprint density at radius 1 is 1.00 bits per heavy atom. The maximum atomic E-state index is 12.4. The lowest BCUT2D eigenvalue weighted by Gasteiger charge is -2.31. The fourth-order valence-electron chi connectivity index (χ4n) is 3.32. The van der Waals surface area contributed by atoms with E-state index in [2.05, 4.69) is 49.9 Å². The fraction of sp³-hybridized carbons (Fsp3) is 0.375. The molecule has 0 aliphatic carbocycles. The molecule has 0 aromatic heterocycles. The highest BCUT2D eigenvalue weighted by atomic mass is 16.3. The molecule has 0 unspecified atom stereocenters. The van der Waals surface area contributed by atoms with Crippen molar-refractivity contribution in [2.75, 3.05) is 18.0 Å². The summed E-state index contributed by atoms with van der Waals surface area (Å²) in [4.78, 5) is 14.7. The fourth-order valence-corrected chi connectivity index (χ4v) is 3.32. The van der Waals surface area contributed by atoms with Crippen LogP contribution in [-0.2, 0) is 5.41 Å². The zero-order chi connectivity index (χ0) is 19.4. The van der Waals surface area contributed by atoms with E-state index in [1.54, 1.807) is 6.08 Å². The molecule has 1 saturated heterocycles. The number of anilines is 1. The molecule has 2 aromatic carbocycles. The van der Waals surface area contributed by atoms with Gasteiger partial charge in [0.2, 0.25) is 0 Å². The van der Waals surface area contributed by atoms with E-state index < -0.39 is 0 Å². The van der Waals surface area contributed by atoms with Crippen molar-refractivity contribution in [1.82, 2.24) is 0 Å². The van der Waals surface area contributed by atoms with Crippen LogP contribution in [0.4, 0.5) is 5.69 Å². The van der Waals surface area contributed by atoms with Crippen molar-refractivity contribution in [1.29, 1.82) is 0 Å². The smallest absolute Gasteiger partial charge is 0.185 e. The minimum atomic E-state index is -0.176. The number of nitrogens with zero attached hydrogens (tertiary/aromatic N) is 1. The number of aliphatic hydroxyl groups is 1. The summed E-state index contributed by atoms with van der Waals surface area (Å²) in [6.45, 7) is 8.29. The quantitative estimate of drug-likeness (QED) is 0.624. The van der Waals surface area contributed by atoms with Gasteiger partial charge in [-0.3, -0.25) is 4.79 Å². The van der Waals surface area contributed by atoms with E-state index in [0.29, 0.717) is 5.56 Å². The molecule has 1 heterocycles. The first kappa shape index (κ1) is 19.4. The van der Waals surface area contributed by atoms with Crippen molar-refractivity contribution >= 4 is 17.5 Å². The van der Waals surface area contributed by atoms with Crippen molar-refractivity contribution in [3.8, 4) is 0 Å². The maximum absolute atomic E-state index is 12.4. The Kier molecular flexibility index (Phi) is 5.81. The van der Waals surface area contributed by atoms with Gasteiger partial charge in [0.1, 0.15) is 0 Å². The third-order valence-electron chi connectivity index (χ3n) is 5.19. The summed E-state index contributed by atoms with van der Waals surface area (Å²) in [6.07, 6.45) is 4.94. The zero-order valence-electron chi connectivity index (χ0n) is 16.5. The van der Waals surface area contributed by atoms with Crippen molar-refractivity contribution in [3.63, 3.8) is 0 Å². The summed E-state index contributed by atoms with van der Waals surface area (Å²) in [5, 5.41) is 9.62. The van der Waals surface area contributed by atoms with Gasteiger partial charge in [-0.2, -0.15) is 0 Å². The first-order valence-electron chi connectivity index (χ1n) is 9.69. The van der Waals surface area contributed by atoms with Crippen LogP contribution >= 0.6 is 0 Å². The number of carbonyl (C=O) groups excluding carboxylic acids is 1. The van der Waals surface area contributed by atoms with Crippen LogP contribution in [0.5, 0.6) is 0 Å². The molecule has 0 amide bonds. The third kappa shape index (κ3) is 5.08. The van der Waals surface area contributed by atoms with Gasteiger partial charge in [0, 0.05) is 24.3 Å². The summed E-state index contributed by atoms with van der Waals surface area (Å²) in [7, 11) is 0. The summed E-state index contributed by atoms with van der Waals surface area (Å²) in [6, 6.07) is 16.1. The van der Waals surface area contributed by atoms with E-state index in [4.69, 9.17) is 0 Å². The number of ketones is 1. The van der Waals surface area contributed by atoms with Gasteiger partial charge in [0.15, 0.2) is 5.78 Å². The minimum absolute atomic E-state index is 0.00974. The normalized spacial score (nSPS) is 16.1. The third-order valence-corrected chi connectivity index (χ3v) is 5.19. The molecule has 1 N–H and O–H groups in total. The summed E-state index contributed by atoms with van der Waals surface area (Å²) in [5.41, 5.74) is 4.25. The lowest BCUT2D eigenvalue weighted by molar-refractivity contribution is 0.104.